The van der Waals surface area contributed by atoms with Crippen molar-refractivity contribution in [1.82, 2.24) is 0 Å². The summed E-state index contributed by atoms with van der Waals surface area (Å²) in [4.78, 5) is 0. The summed E-state index contributed by atoms with van der Waals surface area (Å²) < 4.78 is 20.1. The van der Waals surface area contributed by atoms with E-state index in [2.05, 4.69) is 0 Å². The van der Waals surface area contributed by atoms with Crippen LogP contribution in [0, 0.1) is 12.7 Å². The molecule has 0 atom stereocenters. The minimum atomic E-state index is -0.613. The Bertz CT molecular complexity index is 723. The maximum atomic E-state index is 14.2. The lowest BCUT2D eigenvalue weighted by molar-refractivity contribution is 0.105. The molecule has 0 radical (unpaired) electrons. The van der Waals surface area contributed by atoms with Crippen LogP contribution in [0.15, 0.2) is 24.3 Å². The first-order valence-corrected chi connectivity index (χ1v) is 6.70. The molecule has 104 valence electrons. The van der Waals surface area contributed by atoms with Gasteiger partial charge in [0.2, 0.25) is 0 Å². The average molecular weight is 293 g/mol. The maximum Gasteiger partial charge on any atom is 0.138 e. The van der Waals surface area contributed by atoms with Crippen LogP contribution < -0.4 is 4.74 Å². The highest BCUT2D eigenvalue weighted by Gasteiger charge is 2.35. The standard InChI is InChI=1S/C16H14ClFO2/c1-8-4-11-10(7-12(8)17)15-13(18)5-9(19)6-14(15)20-16(11,2)3/h4-7,19H,1-3H3. The second-order valence-corrected chi connectivity index (χ2v) is 5.97. The van der Waals surface area contributed by atoms with Crippen molar-refractivity contribution in [3.05, 3.63) is 46.2 Å². The molecule has 3 rings (SSSR count). The van der Waals surface area contributed by atoms with Gasteiger partial charge in [0.25, 0.3) is 0 Å². The highest BCUT2D eigenvalue weighted by atomic mass is 35.5. The summed E-state index contributed by atoms with van der Waals surface area (Å²) in [6.07, 6.45) is 0. The van der Waals surface area contributed by atoms with Gasteiger partial charge in [0.1, 0.15) is 22.9 Å². The summed E-state index contributed by atoms with van der Waals surface area (Å²) in [6, 6.07) is 6.19. The van der Waals surface area contributed by atoms with Crippen molar-refractivity contribution in [3.8, 4) is 22.6 Å². The number of benzene rings is 2. The normalized spacial score (nSPS) is 15.2. The van der Waals surface area contributed by atoms with E-state index in [4.69, 9.17) is 16.3 Å². The number of aryl methyl sites for hydroxylation is 1. The van der Waals surface area contributed by atoms with Crippen LogP contribution in [0.2, 0.25) is 5.02 Å². The second kappa shape index (κ2) is 4.13. The molecule has 0 spiro atoms. The van der Waals surface area contributed by atoms with E-state index in [0.717, 1.165) is 17.2 Å². The van der Waals surface area contributed by atoms with Gasteiger partial charge in [-0.1, -0.05) is 17.7 Å². The molecule has 1 aliphatic rings. The number of ether oxygens (including phenoxy) is 1. The van der Waals surface area contributed by atoms with Crippen molar-refractivity contribution >= 4 is 11.6 Å². The third-order valence-electron chi connectivity index (χ3n) is 3.62. The summed E-state index contributed by atoms with van der Waals surface area (Å²) in [5.41, 5.74) is 2.25. The van der Waals surface area contributed by atoms with E-state index < -0.39 is 11.4 Å². The number of hydrogen-bond acceptors (Lipinski definition) is 2. The molecule has 0 unspecified atom stereocenters. The second-order valence-electron chi connectivity index (χ2n) is 5.56. The van der Waals surface area contributed by atoms with Crippen LogP contribution >= 0.6 is 11.6 Å². The number of phenols is 1. The van der Waals surface area contributed by atoms with E-state index in [-0.39, 0.29) is 5.75 Å². The van der Waals surface area contributed by atoms with Crippen LogP contribution in [0.4, 0.5) is 4.39 Å². The predicted octanol–water partition coefficient (Wildman–Crippen LogP) is 4.79. The Kier molecular flexibility index (Phi) is 2.73. The summed E-state index contributed by atoms with van der Waals surface area (Å²) in [6.45, 7) is 5.72. The van der Waals surface area contributed by atoms with E-state index in [1.165, 1.54) is 6.07 Å². The van der Waals surface area contributed by atoms with Crippen LogP contribution in [-0.4, -0.2) is 5.11 Å². The third kappa shape index (κ3) is 1.85. The van der Waals surface area contributed by atoms with E-state index in [1.54, 1.807) is 6.07 Å². The highest BCUT2D eigenvalue weighted by Crippen LogP contribution is 2.48. The molecule has 2 nitrogen and oxygen atoms in total. The number of rotatable bonds is 0. The molecule has 1 heterocycles. The molecule has 0 fully saturated rings. The molecule has 0 amide bonds. The molecule has 0 aromatic heterocycles. The third-order valence-corrected chi connectivity index (χ3v) is 4.03. The van der Waals surface area contributed by atoms with Gasteiger partial charge in [-0.15, -0.1) is 0 Å². The van der Waals surface area contributed by atoms with Crippen LogP contribution in [0.25, 0.3) is 11.1 Å². The van der Waals surface area contributed by atoms with Gasteiger partial charge < -0.3 is 9.84 Å². The zero-order valence-corrected chi connectivity index (χ0v) is 12.2. The van der Waals surface area contributed by atoms with Crippen LogP contribution in [-0.2, 0) is 5.60 Å². The fraction of sp³-hybridized carbons (Fsp3) is 0.250. The summed E-state index contributed by atoms with van der Waals surface area (Å²) in [5, 5.41) is 10.1. The number of aromatic hydroxyl groups is 1. The molecule has 20 heavy (non-hydrogen) atoms. The fourth-order valence-electron chi connectivity index (χ4n) is 2.63. The van der Waals surface area contributed by atoms with E-state index in [1.807, 2.05) is 26.8 Å². The Morgan fingerprint density at radius 3 is 2.60 bits per heavy atom. The summed E-state index contributed by atoms with van der Waals surface area (Å²) >= 11 is 6.18. The smallest absolute Gasteiger partial charge is 0.138 e. The van der Waals surface area contributed by atoms with Crippen molar-refractivity contribution in [3.63, 3.8) is 0 Å². The Morgan fingerprint density at radius 1 is 1.20 bits per heavy atom. The van der Waals surface area contributed by atoms with E-state index in [0.29, 0.717) is 21.9 Å². The Morgan fingerprint density at radius 2 is 1.90 bits per heavy atom. The van der Waals surface area contributed by atoms with Crippen molar-refractivity contribution in [2.75, 3.05) is 0 Å². The molecule has 0 aliphatic carbocycles. The zero-order valence-electron chi connectivity index (χ0n) is 11.4. The van der Waals surface area contributed by atoms with Gasteiger partial charge in [-0.25, -0.2) is 4.39 Å². The van der Waals surface area contributed by atoms with E-state index in [9.17, 15) is 9.50 Å². The first-order chi connectivity index (χ1) is 9.29. The monoisotopic (exact) mass is 292 g/mol. The van der Waals surface area contributed by atoms with Crippen LogP contribution in [0.3, 0.4) is 0 Å². The van der Waals surface area contributed by atoms with Gasteiger partial charge in [0, 0.05) is 22.7 Å². The minimum absolute atomic E-state index is 0.154. The topological polar surface area (TPSA) is 29.5 Å². The molecule has 2 aromatic rings. The SMILES string of the molecule is Cc1cc2c(cc1Cl)-c1c(F)cc(O)cc1OC2(C)C. The van der Waals surface area contributed by atoms with Crippen LogP contribution in [0.1, 0.15) is 25.0 Å². The molecular formula is C16H14ClFO2. The Labute approximate surface area is 121 Å². The average Bonchev–Trinajstić information content (AvgIpc) is 2.30. The molecule has 1 aliphatic heterocycles. The number of hydrogen-bond donors (Lipinski definition) is 1. The van der Waals surface area contributed by atoms with Gasteiger partial charge in [-0.2, -0.15) is 0 Å². The predicted molar refractivity (Wildman–Crippen MR) is 76.9 cm³/mol. The van der Waals surface area contributed by atoms with Crippen molar-refractivity contribution in [2.45, 2.75) is 26.4 Å². The molecular weight excluding hydrogens is 279 g/mol. The van der Waals surface area contributed by atoms with Crippen LogP contribution in [0.5, 0.6) is 11.5 Å². The zero-order chi connectivity index (χ0) is 14.7. The molecule has 4 heteroatoms. The summed E-state index contributed by atoms with van der Waals surface area (Å²) in [5.74, 6) is -0.338. The first-order valence-electron chi connectivity index (χ1n) is 6.32. The quantitative estimate of drug-likeness (QED) is 0.756. The molecule has 0 saturated carbocycles. The lowest BCUT2D eigenvalue weighted by atomic mass is 9.85. The first kappa shape index (κ1) is 13.3. The summed E-state index contributed by atoms with van der Waals surface area (Å²) in [7, 11) is 0. The fourth-order valence-corrected chi connectivity index (χ4v) is 2.79. The van der Waals surface area contributed by atoms with Gasteiger partial charge in [0.15, 0.2) is 0 Å². The lowest BCUT2D eigenvalue weighted by Gasteiger charge is -2.35. The van der Waals surface area contributed by atoms with Crippen molar-refractivity contribution in [2.24, 2.45) is 0 Å². The number of halogens is 2. The molecule has 2 aromatic carbocycles. The van der Waals surface area contributed by atoms with Crippen molar-refractivity contribution in [1.29, 1.82) is 0 Å². The Hall–Kier alpha value is -1.74. The van der Waals surface area contributed by atoms with E-state index >= 15 is 0 Å². The number of phenolic OH excluding ortho intramolecular Hbond substituents is 1. The highest BCUT2D eigenvalue weighted by molar-refractivity contribution is 6.31. The Balaban J connectivity index is 2.39. The number of fused-ring (bicyclic) bond motifs is 3. The maximum absolute atomic E-state index is 14.2. The minimum Gasteiger partial charge on any atom is -0.508 e. The molecule has 1 N–H and O–H groups in total. The lowest BCUT2D eigenvalue weighted by Crippen LogP contribution is -2.29. The van der Waals surface area contributed by atoms with Gasteiger partial charge in [-0.3, -0.25) is 0 Å². The molecule has 0 saturated heterocycles. The van der Waals surface area contributed by atoms with Gasteiger partial charge >= 0.3 is 0 Å². The largest absolute Gasteiger partial charge is 0.508 e. The van der Waals surface area contributed by atoms with Crippen molar-refractivity contribution < 1.29 is 14.2 Å². The molecule has 0 bridgehead atoms. The van der Waals surface area contributed by atoms with Gasteiger partial charge in [0.05, 0.1) is 5.56 Å². The van der Waals surface area contributed by atoms with Gasteiger partial charge in [-0.05, 0) is 38.0 Å².